The van der Waals surface area contributed by atoms with Gasteiger partial charge in [-0.15, -0.1) is 0 Å². The van der Waals surface area contributed by atoms with Crippen LogP contribution in [-0.4, -0.2) is 31.2 Å². The van der Waals surface area contributed by atoms with Crippen LogP contribution in [0.4, 0.5) is 0 Å². The maximum Gasteiger partial charge on any atom is 0.191 e. The molecule has 1 aromatic rings. The van der Waals surface area contributed by atoms with E-state index in [1.165, 1.54) is 0 Å². The number of hydrogen-bond donors (Lipinski definition) is 0. The summed E-state index contributed by atoms with van der Waals surface area (Å²) in [5.41, 5.74) is -0.0749. The fourth-order valence-corrected chi connectivity index (χ4v) is 4.80. The van der Waals surface area contributed by atoms with Gasteiger partial charge in [0.2, 0.25) is 0 Å². The molecule has 1 aromatic carbocycles. The number of carbonyl (C=O) groups excluding carboxylic acids is 1. The van der Waals surface area contributed by atoms with Crippen LogP contribution in [0, 0.1) is 12.8 Å². The summed E-state index contributed by atoms with van der Waals surface area (Å²) in [7, 11) is -3.75. The molecule has 1 heterocycles. The molecule has 0 bridgehead atoms. The van der Waals surface area contributed by atoms with Crippen LogP contribution in [0.2, 0.25) is 0 Å². The molecule has 0 saturated carbocycles. The second kappa shape index (κ2) is 5.78. The van der Waals surface area contributed by atoms with Crippen molar-refractivity contribution in [2.75, 3.05) is 0 Å². The topological polar surface area (TPSA) is 60.4 Å². The molecular formula is C17H24O4S. The van der Waals surface area contributed by atoms with E-state index < -0.39 is 26.8 Å². The number of benzene rings is 1. The van der Waals surface area contributed by atoms with Crippen molar-refractivity contribution in [3.05, 3.63) is 29.8 Å². The van der Waals surface area contributed by atoms with Gasteiger partial charge < -0.3 is 4.74 Å². The Hall–Kier alpha value is -1.20. The lowest BCUT2D eigenvalue weighted by Crippen LogP contribution is -2.39. The smallest absolute Gasteiger partial charge is 0.191 e. The zero-order valence-corrected chi connectivity index (χ0v) is 14.6. The molecule has 0 aliphatic carbocycles. The van der Waals surface area contributed by atoms with Gasteiger partial charge in [-0.1, -0.05) is 31.5 Å². The molecule has 0 N–H and O–H groups in total. The Morgan fingerprint density at radius 1 is 1.18 bits per heavy atom. The molecule has 22 heavy (non-hydrogen) atoms. The van der Waals surface area contributed by atoms with Crippen LogP contribution in [0.3, 0.4) is 0 Å². The van der Waals surface area contributed by atoms with E-state index in [0.717, 1.165) is 5.56 Å². The van der Waals surface area contributed by atoms with Crippen LogP contribution in [-0.2, 0) is 19.4 Å². The minimum Gasteiger partial charge on any atom is -0.363 e. The van der Waals surface area contributed by atoms with Gasteiger partial charge in [0.15, 0.2) is 20.9 Å². The lowest BCUT2D eigenvalue weighted by molar-refractivity contribution is -0.129. The van der Waals surface area contributed by atoms with Crippen molar-refractivity contribution in [2.45, 2.75) is 62.9 Å². The van der Waals surface area contributed by atoms with Crippen molar-refractivity contribution in [3.63, 3.8) is 0 Å². The predicted octanol–water partition coefficient (Wildman–Crippen LogP) is 2.93. The minimum atomic E-state index is -3.75. The highest BCUT2D eigenvalue weighted by Gasteiger charge is 2.54. The normalized spacial score (nSPS) is 24.9. The molecule has 2 rings (SSSR count). The number of ketones is 1. The minimum absolute atomic E-state index is 0.187. The second-order valence-electron chi connectivity index (χ2n) is 6.94. The third-order valence-corrected chi connectivity index (χ3v) is 6.14. The van der Waals surface area contributed by atoms with Crippen LogP contribution in [0.15, 0.2) is 29.2 Å². The predicted molar refractivity (Wildman–Crippen MR) is 85.6 cm³/mol. The Kier molecular flexibility index (Phi) is 4.51. The van der Waals surface area contributed by atoms with Gasteiger partial charge in [0, 0.05) is 0 Å². The van der Waals surface area contributed by atoms with Crippen molar-refractivity contribution in [1.82, 2.24) is 0 Å². The summed E-state index contributed by atoms with van der Waals surface area (Å²) in [5.74, 6) is -0.0962. The van der Waals surface area contributed by atoms with Gasteiger partial charge in [0.25, 0.3) is 0 Å². The van der Waals surface area contributed by atoms with Crippen LogP contribution < -0.4 is 0 Å². The third kappa shape index (κ3) is 3.10. The third-order valence-electron chi connectivity index (χ3n) is 4.02. The van der Waals surface area contributed by atoms with Crippen LogP contribution in [0.1, 0.15) is 39.7 Å². The summed E-state index contributed by atoms with van der Waals surface area (Å²) >= 11 is 0. The molecule has 4 nitrogen and oxygen atoms in total. The van der Waals surface area contributed by atoms with Crippen molar-refractivity contribution >= 4 is 15.6 Å². The molecule has 0 amide bonds. The highest BCUT2D eigenvalue weighted by atomic mass is 32.2. The van der Waals surface area contributed by atoms with E-state index in [0.29, 0.717) is 6.42 Å². The van der Waals surface area contributed by atoms with E-state index >= 15 is 0 Å². The molecule has 122 valence electrons. The first kappa shape index (κ1) is 17.2. The molecule has 2 atom stereocenters. The number of aryl methyl sites for hydroxylation is 1. The first-order valence-corrected chi connectivity index (χ1v) is 9.13. The quantitative estimate of drug-likeness (QED) is 0.854. The molecule has 0 aromatic heterocycles. The first-order valence-electron chi connectivity index (χ1n) is 7.58. The van der Waals surface area contributed by atoms with E-state index in [9.17, 15) is 13.2 Å². The molecule has 5 heteroatoms. The average molecular weight is 324 g/mol. The SMILES string of the molecule is Cc1ccc(S(=O)(=O)[C@@H]2C(=O)C(C)(C)O[C@H]2CC(C)C)cc1. The zero-order chi connectivity index (χ0) is 16.7. The van der Waals surface area contributed by atoms with E-state index in [2.05, 4.69) is 0 Å². The van der Waals surface area contributed by atoms with E-state index in [1.807, 2.05) is 20.8 Å². The van der Waals surface area contributed by atoms with Gasteiger partial charge in [-0.25, -0.2) is 8.42 Å². The molecule has 0 spiro atoms. The van der Waals surface area contributed by atoms with E-state index in [-0.39, 0.29) is 16.6 Å². The van der Waals surface area contributed by atoms with E-state index in [1.54, 1.807) is 38.1 Å². The fraction of sp³-hybridized carbons (Fsp3) is 0.588. The van der Waals surface area contributed by atoms with Crippen molar-refractivity contribution in [2.24, 2.45) is 5.92 Å². The monoisotopic (exact) mass is 324 g/mol. The summed E-state index contributed by atoms with van der Waals surface area (Å²) in [6, 6.07) is 6.62. The van der Waals surface area contributed by atoms with Crippen LogP contribution in [0.5, 0.6) is 0 Å². The van der Waals surface area contributed by atoms with Gasteiger partial charge in [0.1, 0.15) is 5.60 Å². The Balaban J connectivity index is 2.45. The molecule has 0 unspecified atom stereocenters. The molecule has 0 radical (unpaired) electrons. The molecular weight excluding hydrogens is 300 g/mol. The lowest BCUT2D eigenvalue weighted by Gasteiger charge is -2.20. The van der Waals surface area contributed by atoms with Crippen LogP contribution in [0.25, 0.3) is 0 Å². The summed E-state index contributed by atoms with van der Waals surface area (Å²) in [6.45, 7) is 9.18. The van der Waals surface area contributed by atoms with Gasteiger partial charge in [-0.05, 0) is 45.2 Å². The Bertz CT molecular complexity index is 656. The standard InChI is InChI=1S/C17H24O4S/c1-11(2)10-14-15(16(18)17(4,5)21-14)22(19,20)13-8-6-12(3)7-9-13/h6-9,11,14-15H,10H2,1-5H3/t14-,15-/m0/s1. The maximum atomic E-state index is 12.9. The van der Waals surface area contributed by atoms with Gasteiger partial charge in [-0.3, -0.25) is 4.79 Å². The van der Waals surface area contributed by atoms with Crippen molar-refractivity contribution < 1.29 is 17.9 Å². The molecule has 1 aliphatic rings. The number of Topliss-reactive ketones (excluding diaryl/α,β-unsaturated/α-hetero) is 1. The summed E-state index contributed by atoms with van der Waals surface area (Å²) < 4.78 is 31.7. The maximum absolute atomic E-state index is 12.9. The fourth-order valence-electron chi connectivity index (χ4n) is 2.86. The van der Waals surface area contributed by atoms with Crippen LogP contribution >= 0.6 is 0 Å². The summed E-state index contributed by atoms with van der Waals surface area (Å²) in [4.78, 5) is 12.8. The Morgan fingerprint density at radius 2 is 1.73 bits per heavy atom. The van der Waals surface area contributed by atoms with Gasteiger partial charge in [-0.2, -0.15) is 0 Å². The molecule has 1 aliphatic heterocycles. The summed E-state index contributed by atoms with van der Waals surface area (Å²) in [5, 5.41) is -1.12. The van der Waals surface area contributed by atoms with Crippen molar-refractivity contribution in [3.8, 4) is 0 Å². The van der Waals surface area contributed by atoms with Gasteiger partial charge in [0.05, 0.1) is 11.0 Å². The number of hydrogen-bond acceptors (Lipinski definition) is 4. The Labute approximate surface area is 132 Å². The average Bonchev–Trinajstić information content (AvgIpc) is 2.59. The number of ether oxygens (including phenoxy) is 1. The lowest BCUT2D eigenvalue weighted by atomic mass is 9.99. The summed E-state index contributed by atoms with van der Waals surface area (Å²) in [6.07, 6.45) is -0.0425. The van der Waals surface area contributed by atoms with Crippen molar-refractivity contribution in [1.29, 1.82) is 0 Å². The first-order chi connectivity index (χ1) is 10.1. The Morgan fingerprint density at radius 3 is 2.23 bits per heavy atom. The second-order valence-corrected chi connectivity index (χ2v) is 9.01. The largest absolute Gasteiger partial charge is 0.363 e. The molecule has 1 fully saturated rings. The highest BCUT2D eigenvalue weighted by Crippen LogP contribution is 2.36. The van der Waals surface area contributed by atoms with Gasteiger partial charge >= 0.3 is 0 Å². The molecule has 1 saturated heterocycles. The number of carbonyl (C=O) groups is 1. The number of rotatable bonds is 4. The van der Waals surface area contributed by atoms with E-state index in [4.69, 9.17) is 4.74 Å². The zero-order valence-electron chi connectivity index (χ0n) is 13.8. The number of sulfone groups is 1. The highest BCUT2D eigenvalue weighted by molar-refractivity contribution is 7.93.